The second-order valence-corrected chi connectivity index (χ2v) is 7.54. The fourth-order valence-electron chi connectivity index (χ4n) is 3.94. The van der Waals surface area contributed by atoms with E-state index in [1.807, 2.05) is 18.2 Å². The van der Waals surface area contributed by atoms with E-state index >= 15 is 0 Å². The lowest BCUT2D eigenvalue weighted by Gasteiger charge is -2.28. The predicted octanol–water partition coefficient (Wildman–Crippen LogP) is 5.94. The molecule has 0 spiro atoms. The van der Waals surface area contributed by atoms with Gasteiger partial charge in [0, 0.05) is 28.2 Å². The Bertz CT molecular complexity index is 966. The molecule has 2 aromatic carbocycles. The first kappa shape index (κ1) is 17.9. The molecule has 27 heavy (non-hydrogen) atoms. The highest BCUT2D eigenvalue weighted by molar-refractivity contribution is 6.30. The van der Waals surface area contributed by atoms with Crippen molar-refractivity contribution in [1.29, 1.82) is 0 Å². The lowest BCUT2D eigenvalue weighted by Crippen LogP contribution is -2.26. The SMILES string of the molecule is O=C(Nc1ccc(Cl)cc1)C1CCC(c2ccnc3ccc(F)cc23)CC1. The third-order valence-corrected chi connectivity index (χ3v) is 5.64. The Labute approximate surface area is 162 Å². The number of pyridine rings is 1. The van der Waals surface area contributed by atoms with Crippen molar-refractivity contribution in [3.8, 4) is 0 Å². The Morgan fingerprint density at radius 3 is 2.52 bits per heavy atom. The number of nitrogens with one attached hydrogen (secondary N) is 1. The zero-order valence-corrected chi connectivity index (χ0v) is 15.5. The third-order valence-electron chi connectivity index (χ3n) is 5.39. The van der Waals surface area contributed by atoms with Crippen LogP contribution in [-0.2, 0) is 4.79 Å². The number of aromatic nitrogens is 1. The Kier molecular flexibility index (Phi) is 5.08. The van der Waals surface area contributed by atoms with Crippen LogP contribution in [0.25, 0.3) is 10.9 Å². The van der Waals surface area contributed by atoms with E-state index in [9.17, 15) is 9.18 Å². The van der Waals surface area contributed by atoms with Crippen molar-refractivity contribution < 1.29 is 9.18 Å². The number of carbonyl (C=O) groups is 1. The minimum atomic E-state index is -0.243. The molecule has 0 saturated heterocycles. The van der Waals surface area contributed by atoms with Crippen LogP contribution >= 0.6 is 11.6 Å². The first-order chi connectivity index (χ1) is 13.1. The van der Waals surface area contributed by atoms with Crippen molar-refractivity contribution in [3.63, 3.8) is 0 Å². The maximum Gasteiger partial charge on any atom is 0.227 e. The number of carbonyl (C=O) groups excluding carboxylic acids is 1. The largest absolute Gasteiger partial charge is 0.326 e. The second-order valence-electron chi connectivity index (χ2n) is 7.11. The zero-order chi connectivity index (χ0) is 18.8. The van der Waals surface area contributed by atoms with Gasteiger partial charge in [0.05, 0.1) is 5.52 Å². The van der Waals surface area contributed by atoms with E-state index in [1.54, 1.807) is 30.5 Å². The highest BCUT2D eigenvalue weighted by Gasteiger charge is 2.28. The highest BCUT2D eigenvalue weighted by Crippen LogP contribution is 2.38. The third kappa shape index (κ3) is 3.96. The quantitative estimate of drug-likeness (QED) is 0.609. The number of benzene rings is 2. The number of amides is 1. The molecule has 4 rings (SSSR count). The van der Waals surface area contributed by atoms with Crippen LogP contribution in [0.3, 0.4) is 0 Å². The summed E-state index contributed by atoms with van der Waals surface area (Å²) in [7, 11) is 0. The maximum atomic E-state index is 13.7. The number of anilines is 1. The van der Waals surface area contributed by atoms with E-state index in [4.69, 9.17) is 11.6 Å². The lowest BCUT2D eigenvalue weighted by molar-refractivity contribution is -0.120. The molecule has 1 amide bonds. The Hall–Kier alpha value is -2.46. The number of hydrogen-bond acceptors (Lipinski definition) is 2. The minimum absolute atomic E-state index is 0.00163. The first-order valence-electron chi connectivity index (χ1n) is 9.21. The van der Waals surface area contributed by atoms with E-state index in [1.165, 1.54) is 6.07 Å². The summed E-state index contributed by atoms with van der Waals surface area (Å²) in [6.45, 7) is 0. The molecule has 1 heterocycles. The topological polar surface area (TPSA) is 42.0 Å². The van der Waals surface area contributed by atoms with Gasteiger partial charge in [-0.2, -0.15) is 0 Å². The fraction of sp³-hybridized carbons (Fsp3) is 0.273. The van der Waals surface area contributed by atoms with E-state index < -0.39 is 0 Å². The molecular weight excluding hydrogens is 363 g/mol. The van der Waals surface area contributed by atoms with E-state index in [0.717, 1.165) is 47.8 Å². The summed E-state index contributed by atoms with van der Waals surface area (Å²) >= 11 is 5.88. The van der Waals surface area contributed by atoms with Gasteiger partial charge in [0.15, 0.2) is 0 Å². The summed E-state index contributed by atoms with van der Waals surface area (Å²) in [5.74, 6) is 0.146. The summed E-state index contributed by atoms with van der Waals surface area (Å²) in [4.78, 5) is 16.9. The molecule has 5 heteroatoms. The summed E-state index contributed by atoms with van der Waals surface area (Å²) < 4.78 is 13.7. The summed E-state index contributed by atoms with van der Waals surface area (Å²) in [5, 5.41) is 4.50. The van der Waals surface area contributed by atoms with Crippen molar-refractivity contribution in [3.05, 3.63) is 71.1 Å². The van der Waals surface area contributed by atoms with Crippen molar-refractivity contribution in [2.24, 2.45) is 5.92 Å². The molecule has 3 aromatic rings. The van der Waals surface area contributed by atoms with Crippen LogP contribution in [0.5, 0.6) is 0 Å². The van der Waals surface area contributed by atoms with Gasteiger partial charge >= 0.3 is 0 Å². The maximum absolute atomic E-state index is 13.7. The number of rotatable bonds is 3. The average Bonchev–Trinajstić information content (AvgIpc) is 2.69. The van der Waals surface area contributed by atoms with E-state index in [0.29, 0.717) is 10.9 Å². The molecule has 138 valence electrons. The molecule has 1 aliphatic carbocycles. The van der Waals surface area contributed by atoms with Crippen molar-refractivity contribution in [2.45, 2.75) is 31.6 Å². The molecule has 1 fully saturated rings. The fourth-order valence-corrected chi connectivity index (χ4v) is 4.07. The van der Waals surface area contributed by atoms with Gasteiger partial charge in [-0.25, -0.2) is 4.39 Å². The lowest BCUT2D eigenvalue weighted by atomic mass is 9.77. The van der Waals surface area contributed by atoms with Crippen LogP contribution in [0.4, 0.5) is 10.1 Å². The number of fused-ring (bicyclic) bond motifs is 1. The second kappa shape index (κ2) is 7.65. The summed E-state index contributed by atoms with van der Waals surface area (Å²) in [6.07, 6.45) is 5.25. The molecular formula is C22H20ClFN2O. The number of hydrogen-bond donors (Lipinski definition) is 1. The molecule has 0 aliphatic heterocycles. The first-order valence-corrected chi connectivity index (χ1v) is 9.58. The molecule has 1 aromatic heterocycles. The summed E-state index contributed by atoms with van der Waals surface area (Å²) in [5.41, 5.74) is 2.72. The molecule has 0 atom stereocenters. The van der Waals surface area contributed by atoms with Gasteiger partial charge in [-0.05, 0) is 85.7 Å². The molecule has 1 aliphatic rings. The predicted molar refractivity (Wildman–Crippen MR) is 106 cm³/mol. The molecule has 0 radical (unpaired) electrons. The van der Waals surface area contributed by atoms with Crippen LogP contribution in [0.2, 0.25) is 5.02 Å². The Balaban J connectivity index is 1.44. The van der Waals surface area contributed by atoms with Gasteiger partial charge in [0.2, 0.25) is 5.91 Å². The van der Waals surface area contributed by atoms with Gasteiger partial charge in [-0.3, -0.25) is 9.78 Å². The van der Waals surface area contributed by atoms with E-state index in [2.05, 4.69) is 10.3 Å². The van der Waals surface area contributed by atoms with Crippen molar-refractivity contribution in [1.82, 2.24) is 4.98 Å². The van der Waals surface area contributed by atoms with E-state index in [-0.39, 0.29) is 17.6 Å². The average molecular weight is 383 g/mol. The molecule has 1 saturated carbocycles. The smallest absolute Gasteiger partial charge is 0.227 e. The summed E-state index contributed by atoms with van der Waals surface area (Å²) in [6, 6.07) is 13.9. The Morgan fingerprint density at radius 2 is 1.78 bits per heavy atom. The van der Waals surface area contributed by atoms with Gasteiger partial charge in [0.1, 0.15) is 5.82 Å². The highest BCUT2D eigenvalue weighted by atomic mass is 35.5. The Morgan fingerprint density at radius 1 is 1.04 bits per heavy atom. The molecule has 0 unspecified atom stereocenters. The van der Waals surface area contributed by atoms with Gasteiger partial charge < -0.3 is 5.32 Å². The van der Waals surface area contributed by atoms with Gasteiger partial charge in [0.25, 0.3) is 0 Å². The normalized spacial score (nSPS) is 19.8. The van der Waals surface area contributed by atoms with Crippen molar-refractivity contribution >= 4 is 34.1 Å². The van der Waals surface area contributed by atoms with Crippen LogP contribution in [-0.4, -0.2) is 10.9 Å². The van der Waals surface area contributed by atoms with Crippen LogP contribution in [0.1, 0.15) is 37.2 Å². The standard InChI is InChI=1S/C22H20ClFN2O/c23-16-5-8-18(9-6-16)26-22(27)15-3-1-14(2-4-15)19-11-12-25-21-10-7-17(24)13-20(19)21/h5-15H,1-4H2,(H,26,27). The monoisotopic (exact) mass is 382 g/mol. The van der Waals surface area contributed by atoms with Gasteiger partial charge in [-0.15, -0.1) is 0 Å². The molecule has 1 N–H and O–H groups in total. The van der Waals surface area contributed by atoms with Crippen LogP contribution in [0.15, 0.2) is 54.7 Å². The number of nitrogens with zero attached hydrogens (tertiary/aromatic N) is 1. The van der Waals surface area contributed by atoms with Crippen LogP contribution < -0.4 is 5.32 Å². The number of halogens is 2. The van der Waals surface area contributed by atoms with Crippen LogP contribution in [0, 0.1) is 11.7 Å². The zero-order valence-electron chi connectivity index (χ0n) is 14.8. The molecule has 0 bridgehead atoms. The van der Waals surface area contributed by atoms with Gasteiger partial charge in [-0.1, -0.05) is 11.6 Å². The van der Waals surface area contributed by atoms with Crippen molar-refractivity contribution in [2.75, 3.05) is 5.32 Å². The minimum Gasteiger partial charge on any atom is -0.326 e. The molecule has 3 nitrogen and oxygen atoms in total.